The van der Waals surface area contributed by atoms with Crippen LogP contribution in [0.3, 0.4) is 0 Å². The number of carbonyl (C=O) groups is 3. The van der Waals surface area contributed by atoms with Gasteiger partial charge in [0.2, 0.25) is 11.8 Å². The van der Waals surface area contributed by atoms with Crippen LogP contribution in [0.1, 0.15) is 27.2 Å². The smallest absolute Gasteiger partial charge is 0.305 e. The summed E-state index contributed by atoms with van der Waals surface area (Å²) in [6, 6.07) is 0. The van der Waals surface area contributed by atoms with Gasteiger partial charge in [-0.05, 0) is 0 Å². The highest BCUT2D eigenvalue weighted by molar-refractivity contribution is 5.87. The summed E-state index contributed by atoms with van der Waals surface area (Å²) in [7, 11) is 0. The summed E-state index contributed by atoms with van der Waals surface area (Å²) in [6.07, 6.45) is -0.126. The molecule has 0 atom stereocenters. The Labute approximate surface area is 94.4 Å². The molecule has 0 saturated heterocycles. The highest BCUT2D eigenvalue weighted by Gasteiger charge is 2.21. The number of rotatable bonds is 5. The third-order valence-electron chi connectivity index (χ3n) is 1.75. The van der Waals surface area contributed by atoms with Crippen molar-refractivity contribution < 1.29 is 19.5 Å². The lowest BCUT2D eigenvalue weighted by Crippen LogP contribution is -2.42. The van der Waals surface area contributed by atoms with Crippen LogP contribution in [0.5, 0.6) is 0 Å². The van der Waals surface area contributed by atoms with Gasteiger partial charge in [-0.1, -0.05) is 20.8 Å². The fourth-order valence-corrected chi connectivity index (χ4v) is 0.797. The molecule has 0 heterocycles. The molecule has 0 aromatic carbocycles. The number of carboxylic acid groups (broad SMARTS) is 1. The SMILES string of the molecule is CC(C)(C)C(=O)NCC(=O)NCCC(=O)O. The first-order valence-corrected chi connectivity index (χ1v) is 5.00. The Bertz CT molecular complexity index is 281. The topological polar surface area (TPSA) is 95.5 Å². The van der Waals surface area contributed by atoms with Crippen LogP contribution in [0.25, 0.3) is 0 Å². The maximum absolute atomic E-state index is 11.4. The Morgan fingerprint density at radius 2 is 1.69 bits per heavy atom. The van der Waals surface area contributed by atoms with Crippen molar-refractivity contribution in [2.75, 3.05) is 13.1 Å². The lowest BCUT2D eigenvalue weighted by atomic mass is 9.96. The number of carbonyl (C=O) groups excluding carboxylic acids is 2. The van der Waals surface area contributed by atoms with E-state index in [0.717, 1.165) is 0 Å². The molecule has 3 N–H and O–H groups in total. The average Bonchev–Trinajstić information content (AvgIpc) is 2.11. The van der Waals surface area contributed by atoms with E-state index in [1.165, 1.54) is 0 Å². The van der Waals surface area contributed by atoms with Crippen molar-refractivity contribution in [2.45, 2.75) is 27.2 Å². The monoisotopic (exact) mass is 230 g/mol. The van der Waals surface area contributed by atoms with Gasteiger partial charge in [0, 0.05) is 12.0 Å². The van der Waals surface area contributed by atoms with E-state index in [2.05, 4.69) is 10.6 Å². The van der Waals surface area contributed by atoms with E-state index in [9.17, 15) is 14.4 Å². The molecular formula is C10H18N2O4. The second kappa shape index (κ2) is 6.09. The Balaban J connectivity index is 3.74. The Morgan fingerprint density at radius 3 is 2.12 bits per heavy atom. The van der Waals surface area contributed by atoms with Gasteiger partial charge in [-0.3, -0.25) is 14.4 Å². The van der Waals surface area contributed by atoms with Gasteiger partial charge in [0.25, 0.3) is 0 Å². The average molecular weight is 230 g/mol. The summed E-state index contributed by atoms with van der Waals surface area (Å²) in [5, 5.41) is 13.2. The Kier molecular flexibility index (Phi) is 5.49. The second-order valence-electron chi connectivity index (χ2n) is 4.43. The molecule has 0 rings (SSSR count). The zero-order valence-electron chi connectivity index (χ0n) is 9.79. The van der Waals surface area contributed by atoms with Gasteiger partial charge < -0.3 is 15.7 Å². The van der Waals surface area contributed by atoms with Crippen LogP contribution in [-0.2, 0) is 14.4 Å². The summed E-state index contributed by atoms with van der Waals surface area (Å²) in [4.78, 5) is 32.7. The van der Waals surface area contributed by atoms with Crippen LogP contribution in [0, 0.1) is 5.41 Å². The van der Waals surface area contributed by atoms with Crippen LogP contribution in [-0.4, -0.2) is 36.0 Å². The lowest BCUT2D eigenvalue weighted by molar-refractivity contribution is -0.137. The van der Waals surface area contributed by atoms with E-state index in [1.54, 1.807) is 20.8 Å². The van der Waals surface area contributed by atoms with Crippen LogP contribution >= 0.6 is 0 Å². The molecule has 0 saturated carbocycles. The molecule has 0 aliphatic carbocycles. The molecule has 16 heavy (non-hydrogen) atoms. The van der Waals surface area contributed by atoms with Crippen molar-refractivity contribution in [3.8, 4) is 0 Å². The van der Waals surface area contributed by atoms with Crippen LogP contribution < -0.4 is 10.6 Å². The molecule has 0 aromatic rings. The van der Waals surface area contributed by atoms with Gasteiger partial charge in [-0.15, -0.1) is 0 Å². The third-order valence-corrected chi connectivity index (χ3v) is 1.75. The van der Waals surface area contributed by atoms with Crippen molar-refractivity contribution in [3.63, 3.8) is 0 Å². The summed E-state index contributed by atoms with van der Waals surface area (Å²) in [5.74, 6) is -1.58. The minimum Gasteiger partial charge on any atom is -0.481 e. The zero-order valence-corrected chi connectivity index (χ0v) is 9.79. The highest BCUT2D eigenvalue weighted by Crippen LogP contribution is 2.11. The Hall–Kier alpha value is -1.59. The van der Waals surface area contributed by atoms with E-state index in [0.29, 0.717) is 0 Å². The van der Waals surface area contributed by atoms with E-state index in [-0.39, 0.29) is 31.3 Å². The van der Waals surface area contributed by atoms with E-state index in [4.69, 9.17) is 5.11 Å². The molecular weight excluding hydrogens is 212 g/mol. The molecule has 0 spiro atoms. The Morgan fingerprint density at radius 1 is 1.12 bits per heavy atom. The normalized spacial score (nSPS) is 10.7. The molecule has 0 unspecified atom stereocenters. The predicted octanol–water partition coefficient (Wildman–Crippen LogP) is -0.260. The predicted molar refractivity (Wildman–Crippen MR) is 57.7 cm³/mol. The van der Waals surface area contributed by atoms with Crippen molar-refractivity contribution in [3.05, 3.63) is 0 Å². The second-order valence-corrected chi connectivity index (χ2v) is 4.43. The molecule has 6 nitrogen and oxygen atoms in total. The van der Waals surface area contributed by atoms with Crippen molar-refractivity contribution in [1.82, 2.24) is 10.6 Å². The van der Waals surface area contributed by atoms with E-state index < -0.39 is 11.4 Å². The molecule has 6 heteroatoms. The van der Waals surface area contributed by atoms with Gasteiger partial charge >= 0.3 is 5.97 Å². The lowest BCUT2D eigenvalue weighted by Gasteiger charge is -2.17. The maximum Gasteiger partial charge on any atom is 0.305 e. The zero-order chi connectivity index (χ0) is 12.8. The first kappa shape index (κ1) is 14.4. The van der Waals surface area contributed by atoms with Gasteiger partial charge in [-0.2, -0.15) is 0 Å². The molecule has 92 valence electrons. The number of aliphatic carboxylic acids is 1. The van der Waals surface area contributed by atoms with Crippen LogP contribution in [0.4, 0.5) is 0 Å². The number of hydrogen-bond donors (Lipinski definition) is 3. The first-order valence-electron chi connectivity index (χ1n) is 5.00. The highest BCUT2D eigenvalue weighted by atomic mass is 16.4. The minimum absolute atomic E-state index is 0.0690. The quantitative estimate of drug-likeness (QED) is 0.606. The molecule has 0 fully saturated rings. The van der Waals surface area contributed by atoms with Crippen LogP contribution in [0.15, 0.2) is 0 Å². The number of hydrogen-bond acceptors (Lipinski definition) is 3. The summed E-state index contributed by atoms with van der Waals surface area (Å²) >= 11 is 0. The van der Waals surface area contributed by atoms with Crippen molar-refractivity contribution in [2.24, 2.45) is 5.41 Å². The van der Waals surface area contributed by atoms with E-state index in [1.807, 2.05) is 0 Å². The third kappa shape index (κ3) is 6.80. The fraction of sp³-hybridized carbons (Fsp3) is 0.700. The number of amides is 2. The molecule has 2 amide bonds. The summed E-state index contributed by atoms with van der Waals surface area (Å²) in [5.41, 5.74) is -0.540. The summed E-state index contributed by atoms with van der Waals surface area (Å²) < 4.78 is 0. The first-order chi connectivity index (χ1) is 7.23. The standard InChI is InChI=1S/C10H18N2O4/c1-10(2,3)9(16)12-6-7(13)11-5-4-8(14)15/h4-6H2,1-3H3,(H,11,13)(H,12,16)(H,14,15). The molecule has 0 bridgehead atoms. The molecule has 0 aliphatic rings. The van der Waals surface area contributed by atoms with Gasteiger partial charge in [0.1, 0.15) is 0 Å². The van der Waals surface area contributed by atoms with Gasteiger partial charge in [0.05, 0.1) is 13.0 Å². The fourth-order valence-electron chi connectivity index (χ4n) is 0.797. The van der Waals surface area contributed by atoms with Crippen molar-refractivity contribution >= 4 is 17.8 Å². The molecule has 0 aromatic heterocycles. The largest absolute Gasteiger partial charge is 0.481 e. The van der Waals surface area contributed by atoms with Gasteiger partial charge in [-0.25, -0.2) is 0 Å². The van der Waals surface area contributed by atoms with Crippen molar-refractivity contribution in [1.29, 1.82) is 0 Å². The number of nitrogens with one attached hydrogen (secondary N) is 2. The van der Waals surface area contributed by atoms with Gasteiger partial charge in [0.15, 0.2) is 0 Å². The number of carboxylic acids is 1. The maximum atomic E-state index is 11.4. The minimum atomic E-state index is -0.973. The summed E-state index contributed by atoms with van der Waals surface area (Å²) in [6.45, 7) is 5.16. The molecule has 0 aliphatic heterocycles. The van der Waals surface area contributed by atoms with Crippen LogP contribution in [0.2, 0.25) is 0 Å². The molecule has 0 radical (unpaired) electrons. The van der Waals surface area contributed by atoms with E-state index >= 15 is 0 Å².